The zero-order valence-corrected chi connectivity index (χ0v) is 17.7. The van der Waals surface area contributed by atoms with Crippen LogP contribution in [0.5, 0.6) is 0 Å². The Morgan fingerprint density at radius 3 is 2.76 bits per heavy atom. The number of halogens is 3. The van der Waals surface area contributed by atoms with Gasteiger partial charge in [-0.2, -0.15) is 18.3 Å². The van der Waals surface area contributed by atoms with Crippen LogP contribution in [0.25, 0.3) is 0 Å². The van der Waals surface area contributed by atoms with E-state index in [0.29, 0.717) is 48.0 Å². The molecule has 12 heteroatoms. The van der Waals surface area contributed by atoms with Crippen molar-refractivity contribution in [3.05, 3.63) is 58.9 Å². The predicted octanol–water partition coefficient (Wildman–Crippen LogP) is 2.55. The molecule has 1 amide bonds. The third-order valence-electron chi connectivity index (χ3n) is 5.30. The van der Waals surface area contributed by atoms with Crippen LogP contribution in [0.15, 0.2) is 30.7 Å². The van der Waals surface area contributed by atoms with Crippen LogP contribution < -0.4 is 10.6 Å². The second-order valence-corrected chi connectivity index (χ2v) is 7.81. The lowest BCUT2D eigenvalue weighted by atomic mass is 9.94. The zero-order valence-electron chi connectivity index (χ0n) is 17.7. The summed E-state index contributed by atoms with van der Waals surface area (Å²) in [7, 11) is 0. The second kappa shape index (κ2) is 9.14. The number of aliphatic hydroxyl groups excluding tert-OH is 1. The summed E-state index contributed by atoms with van der Waals surface area (Å²) in [6, 6.07) is 2.33. The first-order valence-electron chi connectivity index (χ1n) is 10.3. The fourth-order valence-electron chi connectivity index (χ4n) is 3.60. The van der Waals surface area contributed by atoms with Gasteiger partial charge in [-0.3, -0.25) is 14.5 Å². The van der Waals surface area contributed by atoms with Crippen molar-refractivity contribution in [3.8, 4) is 0 Å². The molecule has 0 radical (unpaired) electrons. The van der Waals surface area contributed by atoms with Crippen molar-refractivity contribution in [2.75, 3.05) is 17.2 Å². The number of aryl methyl sites for hydroxylation is 1. The van der Waals surface area contributed by atoms with E-state index in [2.05, 4.69) is 30.7 Å². The van der Waals surface area contributed by atoms with Crippen molar-refractivity contribution in [2.45, 2.75) is 39.0 Å². The van der Waals surface area contributed by atoms with Crippen LogP contribution in [0.2, 0.25) is 0 Å². The molecule has 33 heavy (non-hydrogen) atoms. The van der Waals surface area contributed by atoms with Gasteiger partial charge in [0.05, 0.1) is 29.8 Å². The molecular weight excluding hydrogens is 439 g/mol. The number of hydrogen-bond donors (Lipinski definition) is 3. The van der Waals surface area contributed by atoms with E-state index in [1.807, 2.05) is 0 Å². The van der Waals surface area contributed by atoms with Gasteiger partial charge in [0.2, 0.25) is 11.9 Å². The number of aliphatic hydroxyl groups is 1. The van der Waals surface area contributed by atoms with Gasteiger partial charge in [-0.15, -0.1) is 0 Å². The standard InChI is InChI=1S/C21H22F3N7O2/c1-12-18-16(6-15(4-5-32)19(33)30-18)29-20(28-12)26-8-14-9-27-31(11-14)10-13-2-3-17(25-7-13)21(22,23)24/h2-3,7,9,11,15,32H,4-6,8,10H2,1H3,(H,30,33)(H,26,28,29)/t15-/m1/s1. The smallest absolute Gasteiger partial charge is 0.396 e. The molecule has 1 aliphatic heterocycles. The lowest BCUT2D eigenvalue weighted by Gasteiger charge is -2.24. The summed E-state index contributed by atoms with van der Waals surface area (Å²) in [5, 5.41) is 19.4. The number of amides is 1. The van der Waals surface area contributed by atoms with E-state index >= 15 is 0 Å². The molecule has 4 rings (SSSR count). The summed E-state index contributed by atoms with van der Waals surface area (Å²) < 4.78 is 39.5. The van der Waals surface area contributed by atoms with Crippen molar-refractivity contribution < 1.29 is 23.1 Å². The number of rotatable bonds is 7. The molecule has 1 atom stereocenters. The van der Waals surface area contributed by atoms with Gasteiger partial charge in [-0.05, 0) is 25.0 Å². The molecule has 3 N–H and O–H groups in total. The molecule has 0 saturated heterocycles. The molecule has 0 saturated carbocycles. The number of nitrogens with zero attached hydrogens (tertiary/aromatic N) is 5. The van der Waals surface area contributed by atoms with Gasteiger partial charge in [-0.25, -0.2) is 9.97 Å². The molecule has 0 fully saturated rings. The van der Waals surface area contributed by atoms with Gasteiger partial charge in [0.25, 0.3) is 0 Å². The third-order valence-corrected chi connectivity index (χ3v) is 5.30. The number of fused-ring (bicyclic) bond motifs is 1. The van der Waals surface area contributed by atoms with Gasteiger partial charge < -0.3 is 15.7 Å². The minimum Gasteiger partial charge on any atom is -0.396 e. The number of anilines is 2. The van der Waals surface area contributed by atoms with Crippen molar-refractivity contribution in [1.82, 2.24) is 24.7 Å². The topological polar surface area (TPSA) is 118 Å². The third kappa shape index (κ3) is 5.28. The van der Waals surface area contributed by atoms with E-state index < -0.39 is 11.9 Å². The van der Waals surface area contributed by atoms with Gasteiger partial charge >= 0.3 is 6.18 Å². The van der Waals surface area contributed by atoms with E-state index in [1.165, 1.54) is 12.3 Å². The monoisotopic (exact) mass is 461 g/mol. The first-order chi connectivity index (χ1) is 15.7. The second-order valence-electron chi connectivity index (χ2n) is 7.81. The molecule has 0 aliphatic carbocycles. The fraction of sp³-hybridized carbons (Fsp3) is 0.381. The predicted molar refractivity (Wildman–Crippen MR) is 112 cm³/mol. The van der Waals surface area contributed by atoms with E-state index in [-0.39, 0.29) is 25.0 Å². The molecule has 174 valence electrons. The van der Waals surface area contributed by atoms with Crippen LogP contribution in [-0.2, 0) is 30.5 Å². The summed E-state index contributed by atoms with van der Waals surface area (Å²) in [5.74, 6) is -0.0629. The number of carbonyl (C=O) groups excluding carboxylic acids is 1. The Balaban J connectivity index is 1.39. The quantitative estimate of drug-likeness (QED) is 0.495. The highest BCUT2D eigenvalue weighted by Gasteiger charge is 2.32. The summed E-state index contributed by atoms with van der Waals surface area (Å²) in [6.07, 6.45) is 0.935. The number of pyridine rings is 1. The van der Waals surface area contributed by atoms with Gasteiger partial charge in [0.1, 0.15) is 5.69 Å². The first-order valence-corrected chi connectivity index (χ1v) is 10.3. The molecule has 0 spiro atoms. The number of alkyl halides is 3. The Hall–Kier alpha value is -3.54. The van der Waals surface area contributed by atoms with E-state index in [9.17, 15) is 18.0 Å². The number of aromatic nitrogens is 5. The SMILES string of the molecule is Cc1nc(NCc2cnn(Cc3ccc(C(F)(F)F)nc3)c2)nc2c1NC(=O)[C@H](CCO)C2. The van der Waals surface area contributed by atoms with Gasteiger partial charge in [0.15, 0.2) is 0 Å². The Bertz CT molecular complexity index is 1150. The molecule has 0 aromatic carbocycles. The average molecular weight is 461 g/mol. The molecule has 3 aromatic rings. The highest BCUT2D eigenvalue weighted by atomic mass is 19.4. The van der Waals surface area contributed by atoms with Crippen LogP contribution in [0.1, 0.15) is 34.6 Å². The minimum absolute atomic E-state index is 0.0743. The fourth-order valence-corrected chi connectivity index (χ4v) is 3.60. The maximum atomic E-state index is 12.6. The Morgan fingerprint density at radius 2 is 2.06 bits per heavy atom. The van der Waals surface area contributed by atoms with Crippen LogP contribution in [0, 0.1) is 12.8 Å². The molecule has 4 heterocycles. The van der Waals surface area contributed by atoms with Crippen LogP contribution in [-0.4, -0.2) is 42.4 Å². The Kier molecular flexibility index (Phi) is 6.27. The zero-order chi connectivity index (χ0) is 23.6. The van der Waals surface area contributed by atoms with Crippen LogP contribution in [0.3, 0.4) is 0 Å². The Labute approximate surface area is 187 Å². The van der Waals surface area contributed by atoms with E-state index in [0.717, 1.165) is 11.6 Å². The molecule has 9 nitrogen and oxygen atoms in total. The largest absolute Gasteiger partial charge is 0.433 e. The molecule has 1 aliphatic rings. The number of nitrogens with one attached hydrogen (secondary N) is 2. The van der Waals surface area contributed by atoms with Crippen molar-refractivity contribution >= 4 is 17.5 Å². The number of carbonyl (C=O) groups is 1. The van der Waals surface area contributed by atoms with Crippen molar-refractivity contribution in [3.63, 3.8) is 0 Å². The normalized spacial score (nSPS) is 15.8. The van der Waals surface area contributed by atoms with E-state index in [1.54, 1.807) is 24.0 Å². The summed E-state index contributed by atoms with van der Waals surface area (Å²) in [4.78, 5) is 24.5. The van der Waals surface area contributed by atoms with Crippen LogP contribution >= 0.6 is 0 Å². The lowest BCUT2D eigenvalue weighted by molar-refractivity contribution is -0.141. The van der Waals surface area contributed by atoms with Crippen molar-refractivity contribution in [2.24, 2.45) is 5.92 Å². The summed E-state index contributed by atoms with van der Waals surface area (Å²) in [6.45, 7) is 2.38. The maximum absolute atomic E-state index is 12.6. The summed E-state index contributed by atoms with van der Waals surface area (Å²) in [5.41, 5.74) is 2.47. The van der Waals surface area contributed by atoms with E-state index in [4.69, 9.17) is 5.11 Å². The van der Waals surface area contributed by atoms with Gasteiger partial charge in [0, 0.05) is 43.4 Å². The highest BCUT2D eigenvalue weighted by Crippen LogP contribution is 2.29. The molecule has 0 unspecified atom stereocenters. The number of hydrogen-bond acceptors (Lipinski definition) is 7. The maximum Gasteiger partial charge on any atom is 0.433 e. The Morgan fingerprint density at radius 1 is 1.24 bits per heavy atom. The van der Waals surface area contributed by atoms with Crippen molar-refractivity contribution in [1.29, 1.82) is 0 Å². The first kappa shape index (κ1) is 22.6. The molecule has 0 bridgehead atoms. The molecule has 3 aromatic heterocycles. The van der Waals surface area contributed by atoms with Gasteiger partial charge in [-0.1, -0.05) is 6.07 Å². The average Bonchev–Trinajstić information content (AvgIpc) is 3.21. The molecular formula is C21H22F3N7O2. The highest BCUT2D eigenvalue weighted by molar-refractivity contribution is 5.96. The van der Waals surface area contributed by atoms with Crippen LogP contribution in [0.4, 0.5) is 24.8 Å². The minimum atomic E-state index is -4.47. The lowest BCUT2D eigenvalue weighted by Crippen LogP contribution is -2.32. The summed E-state index contributed by atoms with van der Waals surface area (Å²) >= 11 is 0.